The molecule has 0 aromatic carbocycles. The summed E-state index contributed by atoms with van der Waals surface area (Å²) >= 11 is 0. The first-order chi connectivity index (χ1) is 20.5. The molecule has 17 heteroatoms. The average molecular weight is 1370 g/mol. The Hall–Kier alpha value is 2.13. The molecule has 13 nitrogen and oxygen atoms in total. The van der Waals surface area contributed by atoms with Crippen LogP contribution in [0.15, 0.2) is 0 Å². The van der Waals surface area contributed by atoms with Gasteiger partial charge in [-0.3, -0.25) is 0 Å². The fourth-order valence-electron chi connectivity index (χ4n) is 6.38. The summed E-state index contributed by atoms with van der Waals surface area (Å²) in [7, 11) is 6.60. The molecule has 0 aromatic heterocycles. The molecule has 5 aliphatic rings. The molecule has 14 unspecified atom stereocenters. The summed E-state index contributed by atoms with van der Waals surface area (Å²) in [5.41, 5.74) is -0.598. The summed E-state index contributed by atoms with van der Waals surface area (Å²) in [6.07, 6.45) is 2.18. The minimum Gasteiger partial charge on any atom is -0.394 e. The molecule has 2 bridgehead atoms. The van der Waals surface area contributed by atoms with Gasteiger partial charge in [0, 0.05) is 129 Å². The molecule has 0 aromatic rings. The number of ether oxygens (including phenoxy) is 9. The third-order valence-corrected chi connectivity index (χ3v) is 9.01. The third-order valence-electron chi connectivity index (χ3n) is 9.01. The van der Waals surface area contributed by atoms with Gasteiger partial charge in [0.05, 0.1) is 81.9 Å². The Morgan fingerprint density at radius 2 is 1.23 bits per heavy atom. The topological polar surface area (TPSA) is 164 Å². The van der Waals surface area contributed by atoms with E-state index in [4.69, 9.17) is 58.0 Å². The molecule has 0 saturated carbocycles. The van der Waals surface area contributed by atoms with E-state index < -0.39 is 5.60 Å². The maximum Gasteiger partial charge on any atom is 0.143 e. The zero-order valence-corrected chi connectivity index (χ0v) is 39.8. The van der Waals surface area contributed by atoms with E-state index >= 15 is 0 Å². The van der Waals surface area contributed by atoms with Crippen molar-refractivity contribution in [2.45, 2.75) is 126 Å². The zero-order chi connectivity index (χ0) is 32.3. The van der Waals surface area contributed by atoms with Gasteiger partial charge in [-0.2, -0.15) is 0 Å². The molecule has 5 rings (SSSR count). The Bertz CT molecular complexity index is 769. The van der Waals surface area contributed by atoms with E-state index in [0.29, 0.717) is 12.5 Å². The molecule has 14 atom stereocenters. The van der Waals surface area contributed by atoms with Crippen LogP contribution in [0.2, 0.25) is 0 Å². The van der Waals surface area contributed by atoms with Crippen LogP contribution in [0, 0.1) is 5.92 Å². The van der Waals surface area contributed by atoms with Crippen LogP contribution < -0.4 is 0 Å². The van der Waals surface area contributed by atoms with Crippen LogP contribution in [0.3, 0.4) is 0 Å². The van der Waals surface area contributed by atoms with Crippen LogP contribution >= 0.6 is 0 Å². The Kier molecular flexibility index (Phi) is 30.5. The number of methoxy groups -OCH3 is 4. The zero-order valence-electron chi connectivity index (χ0n) is 28.9. The van der Waals surface area contributed by atoms with E-state index in [0.717, 1.165) is 12.8 Å². The molecule has 0 spiro atoms. The fraction of sp³-hybridized carbons (Fsp3) is 1.00. The first-order valence-electron chi connectivity index (χ1n) is 15.3. The summed E-state index contributed by atoms with van der Waals surface area (Å²) in [4.78, 5) is 0. The van der Waals surface area contributed by atoms with Crippen LogP contribution in [0.25, 0.3) is 0 Å². The van der Waals surface area contributed by atoms with Crippen molar-refractivity contribution in [1.82, 2.24) is 0 Å². The molecule has 4 radical (unpaired) electrons. The van der Waals surface area contributed by atoms with Gasteiger partial charge in [0.25, 0.3) is 0 Å². The van der Waals surface area contributed by atoms with Gasteiger partial charge >= 0.3 is 0 Å². The second-order valence-corrected chi connectivity index (χ2v) is 11.9. The number of rotatable bonds is 8. The van der Waals surface area contributed by atoms with Crippen molar-refractivity contribution < 1.29 is 145 Å². The van der Waals surface area contributed by atoms with Gasteiger partial charge in [0.2, 0.25) is 0 Å². The van der Waals surface area contributed by atoms with Crippen molar-refractivity contribution in [2.75, 3.05) is 61.5 Å². The SMILES string of the molecule is COC1C(CO)OC(C)C1C.COC1C2OCC1(CO)OC2C.COC1CC(C)OC1CO.COC1CC(CO)OC1C.[Re].[Re].[Re].[Re]. The van der Waals surface area contributed by atoms with Gasteiger partial charge in [-0.05, 0) is 27.7 Å². The monoisotopic (exact) mass is 1370 g/mol. The van der Waals surface area contributed by atoms with Crippen molar-refractivity contribution in [1.29, 1.82) is 0 Å². The van der Waals surface area contributed by atoms with Crippen LogP contribution in [0.1, 0.15) is 47.5 Å². The van der Waals surface area contributed by atoms with E-state index in [1.807, 2.05) is 27.7 Å². The fourth-order valence-corrected chi connectivity index (χ4v) is 6.38. The summed E-state index contributed by atoms with van der Waals surface area (Å²) in [6.45, 7) is 10.6. The van der Waals surface area contributed by atoms with Gasteiger partial charge in [0.15, 0.2) is 0 Å². The molecule has 5 aliphatic heterocycles. The Balaban J connectivity index is -0.000000536. The molecule has 47 heavy (non-hydrogen) atoms. The van der Waals surface area contributed by atoms with E-state index in [1.165, 1.54) is 0 Å². The molecule has 0 amide bonds. The molecule has 5 fully saturated rings. The van der Waals surface area contributed by atoms with Gasteiger partial charge in [-0.15, -0.1) is 0 Å². The van der Waals surface area contributed by atoms with Crippen molar-refractivity contribution in [3.63, 3.8) is 0 Å². The largest absolute Gasteiger partial charge is 0.394 e. The quantitative estimate of drug-likeness (QED) is 0.263. The Morgan fingerprint density at radius 3 is 1.57 bits per heavy atom. The van der Waals surface area contributed by atoms with Crippen LogP contribution in [0.5, 0.6) is 0 Å². The number of hydrogen-bond donors (Lipinski definition) is 4. The average Bonchev–Trinajstić information content (AvgIpc) is 3.80. The van der Waals surface area contributed by atoms with Gasteiger partial charge < -0.3 is 63.1 Å². The van der Waals surface area contributed by atoms with E-state index in [9.17, 15) is 5.11 Å². The van der Waals surface area contributed by atoms with Gasteiger partial charge in [0.1, 0.15) is 30.0 Å². The van der Waals surface area contributed by atoms with Crippen molar-refractivity contribution in [3.05, 3.63) is 0 Å². The standard InChI is InChI=1S/C8H14O4.C8H16O3.2C7H14O3.4Re/c1-5-6-7(10-2)8(3-9,12-5)4-11-6;1-5-6(2)11-7(4-9)8(5)10-3;1-5-7(9-2)3-6(4-8)10-5;1-5-3-6(9-2)7(4-8)10-5;;;;/h5-7,9H,3-4H2,1-2H3;5-9H,4H2,1-3H3;2*5-8H,3-4H2,1-2H3;;;;. The molecule has 0 aliphatic carbocycles. The second kappa shape index (κ2) is 26.8. The molecule has 4 N–H and O–H groups in total. The van der Waals surface area contributed by atoms with Crippen molar-refractivity contribution >= 4 is 0 Å². The summed E-state index contributed by atoms with van der Waals surface area (Å²) in [6, 6.07) is 0. The molecule has 5 saturated heterocycles. The first kappa shape index (κ1) is 53.5. The number of fused-ring (bicyclic) bond motifs is 2. The van der Waals surface area contributed by atoms with Crippen molar-refractivity contribution in [2.24, 2.45) is 5.92 Å². The van der Waals surface area contributed by atoms with Crippen molar-refractivity contribution in [3.8, 4) is 0 Å². The van der Waals surface area contributed by atoms with Crippen LogP contribution in [-0.4, -0.2) is 161 Å². The minimum absolute atomic E-state index is 0. The molecular formula is C30H58O13Re4. The van der Waals surface area contributed by atoms with Crippen LogP contribution in [-0.2, 0) is 124 Å². The first-order valence-corrected chi connectivity index (χ1v) is 15.3. The third kappa shape index (κ3) is 14.5. The smallest absolute Gasteiger partial charge is 0.143 e. The van der Waals surface area contributed by atoms with Gasteiger partial charge in [-0.1, -0.05) is 6.92 Å². The Labute approximate surface area is 336 Å². The maximum atomic E-state index is 9.18. The molecular weight excluding hydrogens is 1310 g/mol. The minimum atomic E-state index is -0.598. The van der Waals surface area contributed by atoms with E-state index in [2.05, 4.69) is 6.92 Å². The molecule has 5 heterocycles. The van der Waals surface area contributed by atoms with Gasteiger partial charge in [-0.25, -0.2) is 0 Å². The maximum absolute atomic E-state index is 9.18. The predicted molar refractivity (Wildman–Crippen MR) is 156 cm³/mol. The molecule has 284 valence electrons. The Morgan fingerprint density at radius 1 is 0.638 bits per heavy atom. The predicted octanol–water partition coefficient (Wildman–Crippen LogP) is 0.299. The summed E-state index contributed by atoms with van der Waals surface area (Å²) in [5, 5.41) is 35.6. The van der Waals surface area contributed by atoms with E-state index in [1.54, 1.807) is 28.4 Å². The normalized spacial score (nSPS) is 40.9. The second-order valence-electron chi connectivity index (χ2n) is 11.9. The van der Waals surface area contributed by atoms with Crippen LogP contribution in [0.4, 0.5) is 0 Å². The summed E-state index contributed by atoms with van der Waals surface area (Å²) in [5.74, 6) is 0.372. The number of hydrogen-bond acceptors (Lipinski definition) is 13. The van der Waals surface area contributed by atoms with E-state index in [-0.39, 0.29) is 181 Å². The number of aliphatic hydroxyl groups excluding tert-OH is 4. The number of aliphatic hydroxyl groups is 4. The summed E-state index contributed by atoms with van der Waals surface area (Å²) < 4.78 is 47.9.